The van der Waals surface area contributed by atoms with Crippen molar-refractivity contribution in [2.45, 2.75) is 0 Å². The SMILES string of the molecule is O=C1C(=Cc2ccc([O-])c([N+](=O)[O-])c2)SC(=S)N1c1ccccc1. The van der Waals surface area contributed by atoms with Gasteiger partial charge in [-0.25, -0.2) is 0 Å². The average Bonchev–Trinajstić information content (AvgIpc) is 2.83. The van der Waals surface area contributed by atoms with Gasteiger partial charge in [0, 0.05) is 6.07 Å². The van der Waals surface area contributed by atoms with Crippen molar-refractivity contribution < 1.29 is 14.8 Å². The molecule has 1 heterocycles. The van der Waals surface area contributed by atoms with Crippen molar-refractivity contribution in [1.82, 2.24) is 0 Å². The van der Waals surface area contributed by atoms with E-state index in [9.17, 15) is 20.0 Å². The fourth-order valence-corrected chi connectivity index (χ4v) is 3.48. The number of nitro groups is 1. The average molecular weight is 357 g/mol. The second kappa shape index (κ2) is 6.42. The van der Waals surface area contributed by atoms with Crippen LogP contribution in [0.2, 0.25) is 0 Å². The smallest absolute Gasteiger partial charge is 0.270 e. The number of hydrogen-bond donors (Lipinski definition) is 0. The molecule has 0 saturated carbocycles. The van der Waals surface area contributed by atoms with E-state index in [1.165, 1.54) is 17.0 Å². The topological polar surface area (TPSA) is 86.5 Å². The van der Waals surface area contributed by atoms with Gasteiger partial charge < -0.3 is 5.11 Å². The van der Waals surface area contributed by atoms with Crippen LogP contribution in [0.1, 0.15) is 5.56 Å². The van der Waals surface area contributed by atoms with Gasteiger partial charge >= 0.3 is 0 Å². The van der Waals surface area contributed by atoms with E-state index in [2.05, 4.69) is 0 Å². The molecule has 0 bridgehead atoms. The number of thiocarbonyl (C=S) groups is 1. The van der Waals surface area contributed by atoms with Crippen LogP contribution in [0.3, 0.4) is 0 Å². The summed E-state index contributed by atoms with van der Waals surface area (Å²) in [5.74, 6) is -0.973. The molecule has 1 aliphatic heterocycles. The van der Waals surface area contributed by atoms with Crippen LogP contribution < -0.4 is 10.0 Å². The number of benzene rings is 2. The van der Waals surface area contributed by atoms with Crippen molar-refractivity contribution in [2.24, 2.45) is 0 Å². The zero-order valence-corrected chi connectivity index (χ0v) is 13.7. The van der Waals surface area contributed by atoms with Crippen LogP contribution in [0.15, 0.2) is 53.4 Å². The molecule has 24 heavy (non-hydrogen) atoms. The molecule has 1 saturated heterocycles. The minimum Gasteiger partial charge on any atom is -0.868 e. The highest BCUT2D eigenvalue weighted by Crippen LogP contribution is 2.36. The minimum absolute atomic E-state index is 0.301. The third-order valence-corrected chi connectivity index (χ3v) is 4.59. The molecule has 6 nitrogen and oxygen atoms in total. The first-order valence-corrected chi connectivity index (χ1v) is 7.98. The summed E-state index contributed by atoms with van der Waals surface area (Å²) in [7, 11) is 0. The van der Waals surface area contributed by atoms with E-state index in [4.69, 9.17) is 12.2 Å². The molecule has 3 rings (SSSR count). The Morgan fingerprint density at radius 1 is 1.17 bits per heavy atom. The van der Waals surface area contributed by atoms with Gasteiger partial charge in [0.25, 0.3) is 11.6 Å². The summed E-state index contributed by atoms with van der Waals surface area (Å²) < 4.78 is 0.382. The van der Waals surface area contributed by atoms with Gasteiger partial charge in [-0.15, -0.1) is 0 Å². The Kier molecular flexibility index (Phi) is 4.32. The van der Waals surface area contributed by atoms with E-state index < -0.39 is 16.4 Å². The Morgan fingerprint density at radius 2 is 1.88 bits per heavy atom. The third-order valence-electron chi connectivity index (χ3n) is 3.29. The summed E-state index contributed by atoms with van der Waals surface area (Å²) in [6.45, 7) is 0. The van der Waals surface area contributed by atoms with Crippen LogP contribution >= 0.6 is 24.0 Å². The van der Waals surface area contributed by atoms with E-state index in [-0.39, 0.29) is 5.91 Å². The van der Waals surface area contributed by atoms with E-state index >= 15 is 0 Å². The van der Waals surface area contributed by atoms with Gasteiger partial charge in [0.1, 0.15) is 0 Å². The molecule has 0 aliphatic carbocycles. The van der Waals surface area contributed by atoms with E-state index in [1.54, 1.807) is 24.3 Å². The number of carbonyl (C=O) groups is 1. The largest absolute Gasteiger partial charge is 0.868 e. The van der Waals surface area contributed by atoms with Gasteiger partial charge in [-0.1, -0.05) is 54.3 Å². The second-order valence-corrected chi connectivity index (χ2v) is 6.51. The summed E-state index contributed by atoms with van der Waals surface area (Å²) in [6, 6.07) is 12.7. The fraction of sp³-hybridized carbons (Fsp3) is 0. The van der Waals surface area contributed by atoms with Gasteiger partial charge in [-0.05, 0) is 29.5 Å². The van der Waals surface area contributed by atoms with Crippen molar-refractivity contribution in [3.63, 3.8) is 0 Å². The highest BCUT2D eigenvalue weighted by atomic mass is 32.2. The summed E-state index contributed by atoms with van der Waals surface area (Å²) in [5.41, 5.74) is 0.529. The monoisotopic (exact) mass is 357 g/mol. The van der Waals surface area contributed by atoms with Crippen LogP contribution in [0.5, 0.6) is 5.75 Å². The number of carbonyl (C=O) groups excluding carboxylic acids is 1. The molecule has 0 unspecified atom stereocenters. The van der Waals surface area contributed by atoms with Crippen LogP contribution in [-0.2, 0) is 4.79 Å². The quantitative estimate of drug-likeness (QED) is 0.363. The van der Waals surface area contributed by atoms with Gasteiger partial charge in [0.15, 0.2) is 4.32 Å². The molecular weight excluding hydrogens is 348 g/mol. The summed E-state index contributed by atoms with van der Waals surface area (Å²) in [5, 5.41) is 22.3. The molecule has 0 radical (unpaired) electrons. The highest BCUT2D eigenvalue weighted by Gasteiger charge is 2.33. The number of hydrogen-bond acceptors (Lipinski definition) is 6. The lowest BCUT2D eigenvalue weighted by Crippen LogP contribution is -2.27. The molecule has 0 atom stereocenters. The number of rotatable bonds is 3. The van der Waals surface area contributed by atoms with Crippen molar-refractivity contribution in [1.29, 1.82) is 0 Å². The van der Waals surface area contributed by atoms with Crippen molar-refractivity contribution >= 4 is 51.7 Å². The first-order chi connectivity index (χ1) is 11.5. The zero-order valence-electron chi connectivity index (χ0n) is 12.0. The van der Waals surface area contributed by atoms with Gasteiger partial charge in [0.05, 0.1) is 15.5 Å². The van der Waals surface area contributed by atoms with E-state index in [0.717, 1.165) is 23.9 Å². The van der Waals surface area contributed by atoms with Gasteiger partial charge in [0.2, 0.25) is 0 Å². The lowest BCUT2D eigenvalue weighted by molar-refractivity contribution is -0.398. The van der Waals surface area contributed by atoms with E-state index in [0.29, 0.717) is 20.5 Å². The maximum Gasteiger partial charge on any atom is 0.270 e. The highest BCUT2D eigenvalue weighted by molar-refractivity contribution is 8.27. The summed E-state index contributed by atoms with van der Waals surface area (Å²) in [6.07, 6.45) is 1.49. The number of nitro benzene ring substituents is 1. The number of para-hydroxylation sites is 1. The van der Waals surface area contributed by atoms with Crippen molar-refractivity contribution in [2.75, 3.05) is 4.90 Å². The Hall–Kier alpha value is -2.71. The molecule has 0 aromatic heterocycles. The predicted molar refractivity (Wildman–Crippen MR) is 94.6 cm³/mol. The third kappa shape index (κ3) is 3.01. The Labute approximate surface area is 146 Å². The number of amides is 1. The Balaban J connectivity index is 1.95. The molecular formula is C16H9N2O4S2-. The van der Waals surface area contributed by atoms with Crippen molar-refractivity contribution in [3.8, 4) is 5.75 Å². The Bertz CT molecular complexity index is 881. The fourth-order valence-electron chi connectivity index (χ4n) is 2.19. The molecule has 8 heteroatoms. The minimum atomic E-state index is -0.741. The van der Waals surface area contributed by atoms with Gasteiger partial charge in [-0.3, -0.25) is 19.8 Å². The molecule has 120 valence electrons. The van der Waals surface area contributed by atoms with Crippen LogP contribution in [0.4, 0.5) is 11.4 Å². The predicted octanol–water partition coefficient (Wildman–Crippen LogP) is 3.07. The standard InChI is InChI=1S/C16H10N2O4S2/c19-13-7-6-10(8-12(13)18(21)22)9-14-15(20)17(16(23)24-14)11-4-2-1-3-5-11/h1-9,19H/p-1. The van der Waals surface area contributed by atoms with Crippen LogP contribution in [0.25, 0.3) is 6.08 Å². The first-order valence-electron chi connectivity index (χ1n) is 6.76. The maximum absolute atomic E-state index is 12.6. The second-order valence-electron chi connectivity index (χ2n) is 4.84. The molecule has 2 aromatic rings. The molecule has 1 amide bonds. The van der Waals surface area contributed by atoms with Crippen LogP contribution in [0, 0.1) is 10.1 Å². The van der Waals surface area contributed by atoms with Crippen LogP contribution in [-0.4, -0.2) is 15.2 Å². The molecule has 1 fully saturated rings. The maximum atomic E-state index is 12.6. The van der Waals surface area contributed by atoms with Gasteiger partial charge in [-0.2, -0.15) is 0 Å². The Morgan fingerprint density at radius 3 is 2.54 bits per heavy atom. The van der Waals surface area contributed by atoms with Crippen molar-refractivity contribution in [3.05, 3.63) is 69.1 Å². The summed E-state index contributed by atoms with van der Waals surface area (Å²) in [4.78, 5) is 24.4. The number of anilines is 1. The molecule has 2 aromatic carbocycles. The number of thioether (sulfide) groups is 1. The van der Waals surface area contributed by atoms with E-state index in [1.807, 2.05) is 6.07 Å². The summed E-state index contributed by atoms with van der Waals surface area (Å²) >= 11 is 6.36. The first kappa shape index (κ1) is 16.2. The molecule has 0 spiro atoms. The number of nitrogens with zero attached hydrogens (tertiary/aromatic N) is 2. The molecule has 1 aliphatic rings. The molecule has 0 N–H and O–H groups in total. The lowest BCUT2D eigenvalue weighted by atomic mass is 10.1. The normalized spacial score (nSPS) is 16.0. The zero-order chi connectivity index (χ0) is 17.3. The lowest BCUT2D eigenvalue weighted by Gasteiger charge is -2.13.